The number of hydrogen-bond donors (Lipinski definition) is 2. The summed E-state index contributed by atoms with van der Waals surface area (Å²) < 4.78 is 0. The van der Waals surface area contributed by atoms with Crippen molar-refractivity contribution in [2.45, 2.75) is 46.5 Å². The van der Waals surface area contributed by atoms with E-state index in [0.29, 0.717) is 22.8 Å². The van der Waals surface area contributed by atoms with E-state index in [4.69, 9.17) is 0 Å². The molecular formula is C20H27N3O2S. The first-order chi connectivity index (χ1) is 12.5. The minimum atomic E-state index is -0.264. The fourth-order valence-electron chi connectivity index (χ4n) is 2.05. The lowest BCUT2D eigenvalue weighted by atomic mass is 10.2. The van der Waals surface area contributed by atoms with Crippen LogP contribution in [0.3, 0.4) is 0 Å². The second-order valence-corrected chi connectivity index (χ2v) is 6.67. The van der Waals surface area contributed by atoms with Gasteiger partial charge >= 0.3 is 0 Å². The summed E-state index contributed by atoms with van der Waals surface area (Å²) in [4.78, 5) is 28.9. The van der Waals surface area contributed by atoms with Gasteiger partial charge in [-0.3, -0.25) is 9.59 Å². The zero-order chi connectivity index (χ0) is 19.4. The number of aromatic nitrogens is 1. The Balaban J connectivity index is 0.00000105. The average molecular weight is 374 g/mol. The Bertz CT molecular complexity index is 708. The van der Waals surface area contributed by atoms with E-state index in [1.165, 1.54) is 11.3 Å². The van der Waals surface area contributed by atoms with Crippen molar-refractivity contribution in [3.8, 4) is 0 Å². The predicted molar refractivity (Wildman–Crippen MR) is 110 cm³/mol. The molecule has 0 aliphatic carbocycles. The van der Waals surface area contributed by atoms with E-state index < -0.39 is 0 Å². The van der Waals surface area contributed by atoms with Crippen LogP contribution in [0.5, 0.6) is 0 Å². The molecule has 2 heterocycles. The topological polar surface area (TPSA) is 71.1 Å². The molecule has 0 atom stereocenters. The molecule has 2 aromatic rings. The lowest BCUT2D eigenvalue weighted by Crippen LogP contribution is -2.16. The summed E-state index contributed by atoms with van der Waals surface area (Å²) in [6.07, 6.45) is 6.89. The van der Waals surface area contributed by atoms with Gasteiger partial charge in [0.25, 0.3) is 5.91 Å². The van der Waals surface area contributed by atoms with E-state index in [-0.39, 0.29) is 11.8 Å². The molecule has 140 valence electrons. The Morgan fingerprint density at radius 1 is 1.23 bits per heavy atom. The number of rotatable bonds is 7. The van der Waals surface area contributed by atoms with Crippen molar-refractivity contribution >= 4 is 34.7 Å². The van der Waals surface area contributed by atoms with Crippen LogP contribution in [-0.2, 0) is 4.79 Å². The van der Waals surface area contributed by atoms with Crippen LogP contribution in [0.2, 0.25) is 0 Å². The van der Waals surface area contributed by atoms with Crippen molar-refractivity contribution in [2.24, 2.45) is 0 Å². The summed E-state index contributed by atoms with van der Waals surface area (Å²) in [7, 11) is 0. The van der Waals surface area contributed by atoms with Gasteiger partial charge in [0.15, 0.2) is 0 Å². The first-order valence-electron chi connectivity index (χ1n) is 8.70. The summed E-state index contributed by atoms with van der Waals surface area (Å²) in [5.41, 5.74) is 1.58. The molecule has 2 rings (SSSR count). The number of unbranched alkanes of at least 4 members (excludes halogenated alkanes) is 2. The number of amides is 2. The average Bonchev–Trinajstić information content (AvgIpc) is 3.06. The number of thiophene rings is 1. The van der Waals surface area contributed by atoms with Gasteiger partial charge < -0.3 is 10.6 Å². The van der Waals surface area contributed by atoms with Gasteiger partial charge in [0.05, 0.1) is 5.69 Å². The summed E-state index contributed by atoms with van der Waals surface area (Å²) in [5.74, 6) is 0.175. The minimum Gasteiger partial charge on any atom is -0.325 e. The Labute approximate surface area is 159 Å². The van der Waals surface area contributed by atoms with Gasteiger partial charge in [-0.2, -0.15) is 0 Å². The highest BCUT2D eigenvalue weighted by Gasteiger charge is 2.15. The first kappa shape index (κ1) is 21.6. The van der Waals surface area contributed by atoms with E-state index in [1.807, 2.05) is 19.9 Å². The van der Waals surface area contributed by atoms with Crippen molar-refractivity contribution < 1.29 is 9.59 Å². The highest BCUT2D eigenvalue weighted by Crippen LogP contribution is 2.23. The third kappa shape index (κ3) is 7.61. The molecule has 2 aromatic heterocycles. The number of aryl methyl sites for hydroxylation is 1. The number of carbonyl (C=O) groups is 2. The predicted octanol–water partition coefficient (Wildman–Crippen LogP) is 5.41. The molecule has 0 aromatic carbocycles. The normalized spacial score (nSPS) is 9.65. The molecule has 0 aliphatic rings. The second kappa shape index (κ2) is 12.0. The third-order valence-corrected chi connectivity index (χ3v) is 4.22. The maximum absolute atomic E-state index is 12.3. The molecule has 2 N–H and O–H groups in total. The van der Waals surface area contributed by atoms with E-state index >= 15 is 0 Å². The van der Waals surface area contributed by atoms with Crippen LogP contribution in [0.25, 0.3) is 0 Å². The number of carbonyl (C=O) groups excluding carboxylic acids is 2. The Morgan fingerprint density at radius 3 is 2.58 bits per heavy atom. The maximum atomic E-state index is 12.3. The molecular weight excluding hydrogens is 346 g/mol. The molecule has 26 heavy (non-hydrogen) atoms. The van der Waals surface area contributed by atoms with Gasteiger partial charge in [0.2, 0.25) is 5.91 Å². The summed E-state index contributed by atoms with van der Waals surface area (Å²) in [6.45, 7) is 9.28. The quantitative estimate of drug-likeness (QED) is 0.503. The first-order valence-corrected chi connectivity index (χ1v) is 9.58. The number of hydrogen-bond acceptors (Lipinski definition) is 4. The van der Waals surface area contributed by atoms with Crippen molar-refractivity contribution in [1.29, 1.82) is 0 Å². The second-order valence-electron chi connectivity index (χ2n) is 5.75. The van der Waals surface area contributed by atoms with E-state index in [9.17, 15) is 9.59 Å². The number of nitrogens with one attached hydrogen (secondary N) is 2. The van der Waals surface area contributed by atoms with Crippen LogP contribution >= 0.6 is 11.3 Å². The van der Waals surface area contributed by atoms with Gasteiger partial charge in [0, 0.05) is 12.6 Å². The molecule has 5 nitrogen and oxygen atoms in total. The van der Waals surface area contributed by atoms with Crippen molar-refractivity contribution in [3.05, 3.63) is 52.9 Å². The maximum Gasteiger partial charge on any atom is 0.269 e. The molecule has 0 unspecified atom stereocenters. The van der Waals surface area contributed by atoms with Gasteiger partial charge in [-0.15, -0.1) is 17.9 Å². The minimum absolute atomic E-state index is 0.0561. The van der Waals surface area contributed by atoms with Gasteiger partial charge in [-0.05, 0) is 43.3 Å². The number of allylic oxidation sites excluding steroid dienone is 1. The summed E-state index contributed by atoms with van der Waals surface area (Å²) >= 11 is 1.30. The molecule has 0 saturated carbocycles. The van der Waals surface area contributed by atoms with Crippen LogP contribution in [0, 0.1) is 6.92 Å². The van der Waals surface area contributed by atoms with E-state index in [2.05, 4.69) is 29.1 Å². The van der Waals surface area contributed by atoms with Crippen molar-refractivity contribution in [2.75, 3.05) is 10.6 Å². The Morgan fingerprint density at radius 2 is 1.96 bits per heavy atom. The van der Waals surface area contributed by atoms with E-state index in [0.717, 1.165) is 24.8 Å². The lowest BCUT2D eigenvalue weighted by molar-refractivity contribution is -0.116. The van der Waals surface area contributed by atoms with E-state index in [1.54, 1.807) is 29.8 Å². The van der Waals surface area contributed by atoms with Crippen LogP contribution in [0.15, 0.2) is 42.4 Å². The monoisotopic (exact) mass is 373 g/mol. The molecule has 2 amide bonds. The molecule has 0 saturated heterocycles. The molecule has 0 spiro atoms. The SMILES string of the molecule is C=CC.CCCCCC(=O)Nc1ccsc1C(=O)Nc1ccc(C)cn1. The van der Waals surface area contributed by atoms with Crippen LogP contribution < -0.4 is 10.6 Å². The number of pyridine rings is 1. The van der Waals surface area contributed by atoms with Gasteiger partial charge in [-0.1, -0.05) is 31.9 Å². The Kier molecular flexibility index (Phi) is 9.94. The largest absolute Gasteiger partial charge is 0.325 e. The van der Waals surface area contributed by atoms with Gasteiger partial charge in [0.1, 0.15) is 10.7 Å². The van der Waals surface area contributed by atoms with Crippen molar-refractivity contribution in [3.63, 3.8) is 0 Å². The zero-order valence-corrected chi connectivity index (χ0v) is 16.5. The lowest BCUT2D eigenvalue weighted by Gasteiger charge is -2.07. The molecule has 0 radical (unpaired) electrons. The summed E-state index contributed by atoms with van der Waals surface area (Å²) in [5, 5.41) is 7.35. The fourth-order valence-corrected chi connectivity index (χ4v) is 2.79. The fraction of sp³-hybridized carbons (Fsp3) is 0.350. The molecule has 0 aliphatic heterocycles. The molecule has 0 bridgehead atoms. The summed E-state index contributed by atoms with van der Waals surface area (Å²) in [6, 6.07) is 5.39. The van der Waals surface area contributed by atoms with Crippen LogP contribution in [-0.4, -0.2) is 16.8 Å². The highest BCUT2D eigenvalue weighted by molar-refractivity contribution is 7.12. The van der Waals surface area contributed by atoms with Crippen molar-refractivity contribution in [1.82, 2.24) is 4.98 Å². The third-order valence-electron chi connectivity index (χ3n) is 3.31. The van der Waals surface area contributed by atoms with Crippen LogP contribution in [0.4, 0.5) is 11.5 Å². The van der Waals surface area contributed by atoms with Crippen LogP contribution in [0.1, 0.15) is 54.8 Å². The zero-order valence-electron chi connectivity index (χ0n) is 15.7. The number of anilines is 2. The smallest absolute Gasteiger partial charge is 0.269 e. The molecule has 0 fully saturated rings. The standard InChI is InChI=1S/C17H21N3O2S.C3H6/c1-3-4-5-6-15(21)19-13-9-10-23-16(13)17(22)20-14-8-7-12(2)11-18-14;1-3-2/h7-11H,3-6H2,1-2H3,(H,19,21)(H,18,20,22);3H,1H2,2H3. The highest BCUT2D eigenvalue weighted by atomic mass is 32.1. The van der Waals surface area contributed by atoms with Gasteiger partial charge in [-0.25, -0.2) is 4.98 Å². The number of nitrogens with zero attached hydrogens (tertiary/aromatic N) is 1. The molecule has 6 heteroatoms. The Hall–Kier alpha value is -2.47.